The number of para-hydroxylation sites is 1. The van der Waals surface area contributed by atoms with E-state index in [1.807, 2.05) is 24.3 Å². The largest absolute Gasteiger partial charge is 0.463 e. The second-order valence-corrected chi connectivity index (χ2v) is 6.14. The Kier molecular flexibility index (Phi) is 3.83. The van der Waals surface area contributed by atoms with Gasteiger partial charge in [0.1, 0.15) is 11.8 Å². The first-order chi connectivity index (χ1) is 9.74. The molecule has 0 aliphatic heterocycles. The second-order valence-electron chi connectivity index (χ2n) is 5.57. The fourth-order valence-electron chi connectivity index (χ4n) is 2.98. The summed E-state index contributed by atoms with van der Waals surface area (Å²) in [6.07, 6.45) is 7.26. The van der Waals surface area contributed by atoms with E-state index < -0.39 is 0 Å². The number of amides is 1. The number of carbonyl (C=O) groups is 1. The highest BCUT2D eigenvalue weighted by Crippen LogP contribution is 2.31. The van der Waals surface area contributed by atoms with Crippen molar-refractivity contribution in [3.63, 3.8) is 0 Å². The van der Waals surface area contributed by atoms with Crippen LogP contribution in [-0.2, 0) is 0 Å². The van der Waals surface area contributed by atoms with Crippen LogP contribution in [0.2, 0.25) is 0 Å². The van der Waals surface area contributed by atoms with Crippen molar-refractivity contribution < 1.29 is 9.21 Å². The van der Waals surface area contributed by atoms with E-state index in [2.05, 4.69) is 21.2 Å². The molecular formula is C16H18BrNO2. The van der Waals surface area contributed by atoms with E-state index in [1.54, 1.807) is 6.26 Å². The normalized spacial score (nSPS) is 18.1. The molecule has 3 nitrogen and oxygen atoms in total. The van der Waals surface area contributed by atoms with E-state index in [-0.39, 0.29) is 11.4 Å². The van der Waals surface area contributed by atoms with Crippen molar-refractivity contribution in [2.45, 2.75) is 37.6 Å². The van der Waals surface area contributed by atoms with Gasteiger partial charge in [0, 0.05) is 10.7 Å². The second kappa shape index (κ2) is 5.60. The summed E-state index contributed by atoms with van der Waals surface area (Å²) >= 11 is 3.57. The Bertz CT molecular complexity index is 614. The number of carbonyl (C=O) groups excluding carboxylic acids is 1. The molecule has 0 atom stereocenters. The van der Waals surface area contributed by atoms with Gasteiger partial charge in [0.25, 0.3) is 5.91 Å². The molecule has 0 bridgehead atoms. The first-order valence-electron chi connectivity index (χ1n) is 7.09. The molecule has 3 rings (SSSR count). The molecule has 1 aliphatic carbocycles. The van der Waals surface area contributed by atoms with Crippen molar-refractivity contribution in [2.24, 2.45) is 0 Å². The zero-order chi connectivity index (χ0) is 14.0. The van der Waals surface area contributed by atoms with Crippen molar-refractivity contribution in [2.75, 3.05) is 5.33 Å². The van der Waals surface area contributed by atoms with Crippen molar-refractivity contribution in [1.82, 2.24) is 5.32 Å². The Balaban J connectivity index is 1.85. The summed E-state index contributed by atoms with van der Waals surface area (Å²) in [5.41, 5.74) is 1.29. The molecule has 1 N–H and O–H groups in total. The Morgan fingerprint density at radius 3 is 2.75 bits per heavy atom. The number of halogens is 1. The fraction of sp³-hybridized carbons (Fsp3) is 0.438. The molecule has 1 aromatic heterocycles. The molecule has 4 heteroatoms. The Labute approximate surface area is 126 Å². The summed E-state index contributed by atoms with van der Waals surface area (Å²) in [5.74, 6) is -0.0312. The van der Waals surface area contributed by atoms with Crippen LogP contribution in [0.1, 0.15) is 42.5 Å². The van der Waals surface area contributed by atoms with Gasteiger partial charge < -0.3 is 9.73 Å². The first kappa shape index (κ1) is 13.7. The van der Waals surface area contributed by atoms with E-state index in [4.69, 9.17) is 4.42 Å². The molecule has 1 amide bonds. The summed E-state index contributed by atoms with van der Waals surface area (Å²) in [7, 11) is 0. The van der Waals surface area contributed by atoms with E-state index >= 15 is 0 Å². The van der Waals surface area contributed by atoms with Gasteiger partial charge in [0.05, 0.1) is 11.1 Å². The van der Waals surface area contributed by atoms with E-state index in [9.17, 15) is 4.79 Å². The molecule has 0 saturated heterocycles. The summed E-state index contributed by atoms with van der Waals surface area (Å²) in [6, 6.07) is 7.65. The molecule has 2 aromatic rings. The number of rotatable bonds is 3. The Morgan fingerprint density at radius 2 is 2.00 bits per heavy atom. The minimum Gasteiger partial charge on any atom is -0.463 e. The SMILES string of the molecule is O=C(NC1(CBr)CCCCC1)c1coc2ccccc12. The number of furan rings is 1. The highest BCUT2D eigenvalue weighted by atomic mass is 79.9. The van der Waals surface area contributed by atoms with Gasteiger partial charge in [-0.1, -0.05) is 53.4 Å². The number of nitrogens with one attached hydrogen (secondary N) is 1. The molecule has 1 aliphatic rings. The third kappa shape index (κ3) is 2.49. The Hall–Kier alpha value is -1.29. The lowest BCUT2D eigenvalue weighted by molar-refractivity contribution is 0.0887. The third-order valence-electron chi connectivity index (χ3n) is 4.17. The highest BCUT2D eigenvalue weighted by molar-refractivity contribution is 9.09. The molecule has 106 valence electrons. The quantitative estimate of drug-likeness (QED) is 0.851. The van der Waals surface area contributed by atoms with Crippen molar-refractivity contribution >= 4 is 32.8 Å². The number of benzene rings is 1. The molecule has 1 heterocycles. The van der Waals surface area contributed by atoms with Crippen molar-refractivity contribution in [3.8, 4) is 0 Å². The maximum atomic E-state index is 12.6. The summed E-state index contributed by atoms with van der Waals surface area (Å²) in [4.78, 5) is 12.6. The molecular weight excluding hydrogens is 318 g/mol. The average Bonchev–Trinajstić information content (AvgIpc) is 2.92. The van der Waals surface area contributed by atoms with Gasteiger partial charge >= 0.3 is 0 Å². The Morgan fingerprint density at radius 1 is 1.25 bits per heavy atom. The summed E-state index contributed by atoms with van der Waals surface area (Å²) < 4.78 is 5.45. The summed E-state index contributed by atoms with van der Waals surface area (Å²) in [6.45, 7) is 0. The minimum atomic E-state index is -0.103. The van der Waals surface area contributed by atoms with Crippen LogP contribution in [-0.4, -0.2) is 16.8 Å². The molecule has 0 unspecified atom stereocenters. The van der Waals surface area contributed by atoms with Gasteiger partial charge in [0.15, 0.2) is 0 Å². The number of fused-ring (bicyclic) bond motifs is 1. The van der Waals surface area contributed by atoms with Gasteiger partial charge in [0.2, 0.25) is 0 Å². The fourth-order valence-corrected chi connectivity index (χ4v) is 3.68. The number of hydrogen-bond donors (Lipinski definition) is 1. The van der Waals surface area contributed by atoms with Crippen molar-refractivity contribution in [3.05, 3.63) is 36.1 Å². The van der Waals surface area contributed by atoms with Crippen LogP contribution in [0.4, 0.5) is 0 Å². The molecule has 1 aromatic carbocycles. The smallest absolute Gasteiger partial charge is 0.255 e. The van der Waals surface area contributed by atoms with E-state index in [1.165, 1.54) is 19.3 Å². The molecule has 0 spiro atoms. The monoisotopic (exact) mass is 335 g/mol. The first-order valence-corrected chi connectivity index (χ1v) is 8.21. The number of hydrogen-bond acceptors (Lipinski definition) is 2. The lowest BCUT2D eigenvalue weighted by Crippen LogP contribution is -2.51. The molecule has 0 radical (unpaired) electrons. The van der Waals surface area contributed by atoms with Crippen LogP contribution in [0.15, 0.2) is 34.9 Å². The zero-order valence-electron chi connectivity index (χ0n) is 11.3. The van der Waals surface area contributed by atoms with Crippen LogP contribution >= 0.6 is 15.9 Å². The lowest BCUT2D eigenvalue weighted by atomic mass is 9.83. The van der Waals surface area contributed by atoms with Gasteiger partial charge in [-0.25, -0.2) is 0 Å². The van der Waals surface area contributed by atoms with Gasteiger partial charge in [-0.05, 0) is 18.9 Å². The van der Waals surface area contributed by atoms with Crippen LogP contribution in [0.3, 0.4) is 0 Å². The maximum Gasteiger partial charge on any atom is 0.255 e. The van der Waals surface area contributed by atoms with Crippen LogP contribution in [0.5, 0.6) is 0 Å². The molecule has 20 heavy (non-hydrogen) atoms. The highest BCUT2D eigenvalue weighted by Gasteiger charge is 2.33. The molecule has 1 saturated carbocycles. The van der Waals surface area contributed by atoms with E-state index in [0.717, 1.165) is 29.1 Å². The van der Waals surface area contributed by atoms with Crippen molar-refractivity contribution in [1.29, 1.82) is 0 Å². The maximum absolute atomic E-state index is 12.6. The predicted octanol–water partition coefficient (Wildman–Crippen LogP) is 4.26. The van der Waals surface area contributed by atoms with Crippen LogP contribution < -0.4 is 5.32 Å². The van der Waals surface area contributed by atoms with E-state index in [0.29, 0.717) is 5.56 Å². The average molecular weight is 336 g/mol. The minimum absolute atomic E-state index is 0.0312. The van der Waals surface area contributed by atoms with Gasteiger partial charge in [-0.2, -0.15) is 0 Å². The molecule has 1 fully saturated rings. The predicted molar refractivity (Wildman–Crippen MR) is 83.3 cm³/mol. The van der Waals surface area contributed by atoms with Crippen LogP contribution in [0, 0.1) is 0 Å². The van der Waals surface area contributed by atoms with Gasteiger partial charge in [-0.3, -0.25) is 4.79 Å². The topological polar surface area (TPSA) is 42.2 Å². The van der Waals surface area contributed by atoms with Gasteiger partial charge in [-0.15, -0.1) is 0 Å². The zero-order valence-corrected chi connectivity index (χ0v) is 12.9. The van der Waals surface area contributed by atoms with Crippen LogP contribution in [0.25, 0.3) is 11.0 Å². The number of alkyl halides is 1. The lowest BCUT2D eigenvalue weighted by Gasteiger charge is -2.36. The summed E-state index contributed by atoms with van der Waals surface area (Å²) in [5, 5.41) is 4.92. The third-order valence-corrected chi connectivity index (χ3v) is 5.24. The standard InChI is InChI=1S/C16H18BrNO2/c17-11-16(8-4-1-5-9-16)18-15(19)13-10-20-14-7-3-2-6-12(13)14/h2-3,6-7,10H,1,4-5,8-9,11H2,(H,18,19).